The summed E-state index contributed by atoms with van der Waals surface area (Å²) in [5.74, 6) is 0.496. The second kappa shape index (κ2) is 8.51. The fraction of sp³-hybridized carbons (Fsp3) is 0.667. The predicted octanol–water partition coefficient (Wildman–Crippen LogP) is 2.22. The molecule has 3 rings (SSSR count). The van der Waals surface area contributed by atoms with Crippen molar-refractivity contribution in [3.8, 4) is 0 Å². The fourth-order valence-corrected chi connectivity index (χ4v) is 4.01. The van der Waals surface area contributed by atoms with Gasteiger partial charge in [-0.05, 0) is 68.0 Å². The third kappa shape index (κ3) is 4.84. The molecule has 2 heterocycles. The molecule has 1 amide bonds. The Kier molecular flexibility index (Phi) is 6.33. The second-order valence-electron chi connectivity index (χ2n) is 8.16. The summed E-state index contributed by atoms with van der Waals surface area (Å²) < 4.78 is 5.47. The maximum Gasteiger partial charge on any atom is 0.247 e. The van der Waals surface area contributed by atoms with Crippen LogP contribution in [0.15, 0.2) is 12.1 Å². The molecule has 0 aromatic heterocycles. The average Bonchev–Trinajstić information content (AvgIpc) is 2.61. The predicted molar refractivity (Wildman–Crippen MR) is 104 cm³/mol. The minimum absolute atomic E-state index is 0.365. The van der Waals surface area contributed by atoms with Gasteiger partial charge in [-0.2, -0.15) is 0 Å². The van der Waals surface area contributed by atoms with Crippen LogP contribution in [-0.2, 0) is 22.6 Å². The van der Waals surface area contributed by atoms with Crippen LogP contribution in [0.3, 0.4) is 0 Å². The summed E-state index contributed by atoms with van der Waals surface area (Å²) >= 11 is 0. The maximum absolute atomic E-state index is 11.4. The molecule has 0 unspecified atom stereocenters. The zero-order valence-corrected chi connectivity index (χ0v) is 16.5. The Morgan fingerprint density at radius 2 is 1.69 bits per heavy atom. The van der Waals surface area contributed by atoms with E-state index in [4.69, 9.17) is 10.5 Å². The van der Waals surface area contributed by atoms with E-state index < -0.39 is 6.10 Å². The Bertz CT molecular complexity index is 638. The first-order valence-electron chi connectivity index (χ1n) is 9.87. The third-order valence-electron chi connectivity index (χ3n) is 5.93. The molecule has 0 spiro atoms. The molecular formula is C21H33N3O2. The normalized spacial score (nSPS) is 23.3. The Hall–Kier alpha value is -1.43. The molecule has 1 atom stereocenters. The van der Waals surface area contributed by atoms with E-state index in [1.165, 1.54) is 48.2 Å². The van der Waals surface area contributed by atoms with E-state index in [1.54, 1.807) is 0 Å². The highest BCUT2D eigenvalue weighted by atomic mass is 16.5. The molecule has 2 aliphatic heterocycles. The van der Waals surface area contributed by atoms with Gasteiger partial charge < -0.3 is 10.5 Å². The smallest absolute Gasteiger partial charge is 0.247 e. The van der Waals surface area contributed by atoms with Crippen molar-refractivity contribution in [3.63, 3.8) is 0 Å². The van der Waals surface area contributed by atoms with Gasteiger partial charge in [0.15, 0.2) is 0 Å². The Labute approximate surface area is 157 Å². The first-order valence-corrected chi connectivity index (χ1v) is 9.87. The van der Waals surface area contributed by atoms with Gasteiger partial charge in [-0.1, -0.05) is 19.1 Å². The fourth-order valence-electron chi connectivity index (χ4n) is 4.01. The van der Waals surface area contributed by atoms with Gasteiger partial charge in [0.2, 0.25) is 5.91 Å². The standard InChI is InChI=1S/C21H33N3O2/c1-15-4-6-23(7-5-15)12-18-11-19(17(3)10-16(18)2)13-24-8-9-26-20(14-24)21(22)25/h10-11,15,20H,4-9,12-14H2,1-3H3,(H2,22,25)/t20-/m0/s1. The van der Waals surface area contributed by atoms with Crippen molar-refractivity contribution < 1.29 is 9.53 Å². The van der Waals surface area contributed by atoms with Gasteiger partial charge in [0, 0.05) is 26.2 Å². The molecule has 26 heavy (non-hydrogen) atoms. The summed E-state index contributed by atoms with van der Waals surface area (Å²) in [6, 6.07) is 4.68. The van der Waals surface area contributed by atoms with Gasteiger partial charge >= 0.3 is 0 Å². The molecule has 0 radical (unpaired) electrons. The monoisotopic (exact) mass is 359 g/mol. The average molecular weight is 360 g/mol. The highest BCUT2D eigenvalue weighted by Crippen LogP contribution is 2.23. The third-order valence-corrected chi connectivity index (χ3v) is 5.93. The number of nitrogens with zero attached hydrogens (tertiary/aromatic N) is 2. The highest BCUT2D eigenvalue weighted by Gasteiger charge is 2.25. The van der Waals surface area contributed by atoms with Crippen LogP contribution in [-0.4, -0.2) is 54.6 Å². The van der Waals surface area contributed by atoms with E-state index in [0.29, 0.717) is 13.2 Å². The number of hydrogen-bond acceptors (Lipinski definition) is 4. The minimum Gasteiger partial charge on any atom is -0.367 e. The van der Waals surface area contributed by atoms with Crippen molar-refractivity contribution in [1.82, 2.24) is 9.80 Å². The lowest BCUT2D eigenvalue weighted by atomic mass is 9.96. The second-order valence-corrected chi connectivity index (χ2v) is 8.16. The zero-order valence-electron chi connectivity index (χ0n) is 16.5. The number of piperidine rings is 1. The number of primary amides is 1. The molecule has 1 aromatic carbocycles. The molecule has 5 heteroatoms. The molecule has 2 fully saturated rings. The number of morpholine rings is 1. The van der Waals surface area contributed by atoms with Crippen LogP contribution >= 0.6 is 0 Å². The number of hydrogen-bond donors (Lipinski definition) is 1. The van der Waals surface area contributed by atoms with Crippen LogP contribution in [0, 0.1) is 19.8 Å². The van der Waals surface area contributed by atoms with Gasteiger partial charge in [0.25, 0.3) is 0 Å². The van der Waals surface area contributed by atoms with Gasteiger partial charge in [-0.15, -0.1) is 0 Å². The summed E-state index contributed by atoms with van der Waals surface area (Å²) in [6.45, 7) is 13.0. The largest absolute Gasteiger partial charge is 0.367 e. The molecular weight excluding hydrogens is 326 g/mol. The van der Waals surface area contributed by atoms with Crippen LogP contribution in [0.1, 0.15) is 42.0 Å². The van der Waals surface area contributed by atoms with Crippen molar-refractivity contribution in [2.45, 2.75) is 52.8 Å². The lowest BCUT2D eigenvalue weighted by Crippen LogP contribution is -2.48. The summed E-state index contributed by atoms with van der Waals surface area (Å²) in [7, 11) is 0. The van der Waals surface area contributed by atoms with E-state index in [2.05, 4.69) is 42.7 Å². The zero-order chi connectivity index (χ0) is 18.7. The topological polar surface area (TPSA) is 58.8 Å². The minimum atomic E-state index is -0.482. The van der Waals surface area contributed by atoms with Crippen LogP contribution < -0.4 is 5.73 Å². The number of nitrogens with two attached hydrogens (primary N) is 1. The maximum atomic E-state index is 11.4. The van der Waals surface area contributed by atoms with Gasteiger partial charge in [-0.3, -0.25) is 14.6 Å². The lowest BCUT2D eigenvalue weighted by molar-refractivity contribution is -0.135. The lowest BCUT2D eigenvalue weighted by Gasteiger charge is -2.32. The van der Waals surface area contributed by atoms with Crippen molar-refractivity contribution in [2.75, 3.05) is 32.8 Å². The van der Waals surface area contributed by atoms with Crippen LogP contribution in [0.2, 0.25) is 0 Å². The molecule has 2 saturated heterocycles. The molecule has 0 aliphatic carbocycles. The van der Waals surface area contributed by atoms with Gasteiger partial charge in [0.05, 0.1) is 6.61 Å². The van der Waals surface area contributed by atoms with E-state index in [9.17, 15) is 4.79 Å². The Morgan fingerprint density at radius 1 is 1.08 bits per heavy atom. The quantitative estimate of drug-likeness (QED) is 0.876. The van der Waals surface area contributed by atoms with E-state index in [-0.39, 0.29) is 5.91 Å². The summed E-state index contributed by atoms with van der Waals surface area (Å²) in [5, 5.41) is 0. The van der Waals surface area contributed by atoms with Crippen LogP contribution in [0.25, 0.3) is 0 Å². The van der Waals surface area contributed by atoms with Crippen LogP contribution in [0.4, 0.5) is 0 Å². The molecule has 1 aromatic rings. The van der Waals surface area contributed by atoms with Crippen molar-refractivity contribution in [3.05, 3.63) is 34.4 Å². The number of rotatable bonds is 5. The Morgan fingerprint density at radius 3 is 2.31 bits per heavy atom. The summed E-state index contributed by atoms with van der Waals surface area (Å²) in [6.07, 6.45) is 2.13. The highest BCUT2D eigenvalue weighted by molar-refractivity contribution is 5.79. The van der Waals surface area contributed by atoms with Crippen molar-refractivity contribution in [1.29, 1.82) is 0 Å². The number of carbonyl (C=O) groups excluding carboxylic acids is 1. The number of benzene rings is 1. The molecule has 144 valence electrons. The van der Waals surface area contributed by atoms with Crippen molar-refractivity contribution >= 4 is 5.91 Å². The molecule has 2 aliphatic rings. The summed E-state index contributed by atoms with van der Waals surface area (Å²) in [4.78, 5) is 16.3. The number of likely N-dealkylation sites (tertiary alicyclic amines) is 1. The SMILES string of the molecule is Cc1cc(C)c(CN2CCO[C@H](C(N)=O)C2)cc1CN1CCC(C)CC1. The van der Waals surface area contributed by atoms with Gasteiger partial charge in [-0.25, -0.2) is 0 Å². The first-order chi connectivity index (χ1) is 12.4. The first kappa shape index (κ1) is 19.3. The Balaban J connectivity index is 1.68. The number of amides is 1. The number of carbonyl (C=O) groups is 1. The van der Waals surface area contributed by atoms with E-state index >= 15 is 0 Å². The summed E-state index contributed by atoms with van der Waals surface area (Å²) in [5.41, 5.74) is 10.9. The molecule has 2 N–H and O–H groups in total. The van der Waals surface area contributed by atoms with Gasteiger partial charge in [0.1, 0.15) is 6.10 Å². The van der Waals surface area contributed by atoms with E-state index in [0.717, 1.165) is 25.6 Å². The van der Waals surface area contributed by atoms with Crippen molar-refractivity contribution in [2.24, 2.45) is 11.7 Å². The molecule has 5 nitrogen and oxygen atoms in total. The molecule has 0 saturated carbocycles. The number of ether oxygens (including phenoxy) is 1. The number of aryl methyl sites for hydroxylation is 2. The van der Waals surface area contributed by atoms with E-state index in [1.807, 2.05) is 0 Å². The van der Waals surface area contributed by atoms with Crippen LogP contribution in [0.5, 0.6) is 0 Å². The molecule has 0 bridgehead atoms.